The van der Waals surface area contributed by atoms with Crippen molar-refractivity contribution in [1.82, 2.24) is 15.1 Å². The Morgan fingerprint density at radius 2 is 1.52 bits per heavy atom. The summed E-state index contributed by atoms with van der Waals surface area (Å²) in [5.74, 6) is -2.31. The van der Waals surface area contributed by atoms with Crippen molar-refractivity contribution in [3.63, 3.8) is 0 Å². The molecule has 6 aliphatic rings. The molecular formula is C47H75N3O6. The van der Waals surface area contributed by atoms with Crippen LogP contribution in [0.2, 0.25) is 0 Å². The molecule has 2 heterocycles. The molecule has 1 N–H and O–H groups in total. The van der Waals surface area contributed by atoms with Crippen LogP contribution in [0.4, 0.5) is 0 Å². The summed E-state index contributed by atoms with van der Waals surface area (Å²) in [5.41, 5.74) is -0.699. The number of carbonyl (C=O) groups excluding carboxylic acids is 6. The minimum Gasteiger partial charge on any atom is -0.346 e. The molecule has 56 heavy (non-hydrogen) atoms. The van der Waals surface area contributed by atoms with Gasteiger partial charge in [-0.15, -0.1) is 0 Å². The van der Waals surface area contributed by atoms with Crippen molar-refractivity contribution in [3.8, 4) is 0 Å². The summed E-state index contributed by atoms with van der Waals surface area (Å²) in [6.07, 6.45) is 14.0. The van der Waals surface area contributed by atoms with Crippen LogP contribution < -0.4 is 5.32 Å². The van der Waals surface area contributed by atoms with E-state index in [1.807, 2.05) is 32.6 Å². The highest BCUT2D eigenvalue weighted by Gasteiger charge is 2.85. The molecule has 4 saturated carbocycles. The van der Waals surface area contributed by atoms with Crippen molar-refractivity contribution in [3.05, 3.63) is 0 Å². The lowest BCUT2D eigenvalue weighted by Gasteiger charge is -2.38. The number of ketones is 4. The van der Waals surface area contributed by atoms with Gasteiger partial charge in [0, 0.05) is 55.6 Å². The van der Waals surface area contributed by atoms with E-state index in [9.17, 15) is 24.0 Å². The van der Waals surface area contributed by atoms with Crippen LogP contribution in [0.25, 0.3) is 0 Å². The van der Waals surface area contributed by atoms with Gasteiger partial charge in [0.25, 0.3) is 0 Å². The lowest BCUT2D eigenvalue weighted by atomic mass is 9.73. The lowest BCUT2D eigenvalue weighted by molar-refractivity contribution is -0.147. The first-order chi connectivity index (χ1) is 26.4. The molecule has 0 radical (unpaired) electrons. The van der Waals surface area contributed by atoms with E-state index in [1.54, 1.807) is 0 Å². The van der Waals surface area contributed by atoms with E-state index in [0.29, 0.717) is 44.3 Å². The van der Waals surface area contributed by atoms with Gasteiger partial charge < -0.3 is 15.1 Å². The maximum absolute atomic E-state index is 15.2. The van der Waals surface area contributed by atoms with Crippen molar-refractivity contribution in [2.24, 2.45) is 51.2 Å². The number of hydrogen-bond acceptors (Lipinski definition) is 7. The van der Waals surface area contributed by atoms with Crippen LogP contribution in [0, 0.1) is 51.2 Å². The van der Waals surface area contributed by atoms with Gasteiger partial charge in [-0.3, -0.25) is 28.8 Å². The third-order valence-electron chi connectivity index (χ3n) is 16.4. The molecule has 2 aliphatic heterocycles. The van der Waals surface area contributed by atoms with Gasteiger partial charge in [-0.1, -0.05) is 73.6 Å². The van der Waals surface area contributed by atoms with E-state index < -0.39 is 35.1 Å². The highest BCUT2D eigenvalue weighted by Crippen LogP contribution is 2.88. The number of nitrogens with one attached hydrogen (secondary N) is 1. The molecule has 6 rings (SSSR count). The van der Waals surface area contributed by atoms with Crippen molar-refractivity contribution in [1.29, 1.82) is 0 Å². The molecule has 0 bridgehead atoms. The predicted octanol–water partition coefficient (Wildman–Crippen LogP) is 7.90. The summed E-state index contributed by atoms with van der Waals surface area (Å²) < 4.78 is 0. The first-order valence-electron chi connectivity index (χ1n) is 22.8. The second-order valence-corrected chi connectivity index (χ2v) is 21.3. The number of amides is 2. The van der Waals surface area contributed by atoms with Gasteiger partial charge in [-0.2, -0.15) is 0 Å². The summed E-state index contributed by atoms with van der Waals surface area (Å²) in [6.45, 7) is 19.1. The van der Waals surface area contributed by atoms with Crippen LogP contribution in [0.1, 0.15) is 171 Å². The fourth-order valence-corrected chi connectivity index (χ4v) is 12.3. The van der Waals surface area contributed by atoms with E-state index in [1.165, 1.54) is 0 Å². The molecule has 2 amide bonds. The zero-order valence-electron chi connectivity index (χ0n) is 36.3. The molecule has 6 fully saturated rings. The molecule has 4 aliphatic carbocycles. The summed E-state index contributed by atoms with van der Waals surface area (Å²) in [5, 5.41) is 3.28. The SMILES string of the molecule is CCCC(CC(=O)[C@@H]1C[C@@]2(CN1C(=O)[C@@H](CC(=O)[C@@H](NC(=O)[C@H]1CCCN(C(C)C)C1)C1CCCCC1)C(C)(C)C)C(C)(C)C21CCC1)C(=O)C(=O)CC1CC1. The highest BCUT2D eigenvalue weighted by atomic mass is 16.2. The molecule has 2 saturated heterocycles. The van der Waals surface area contributed by atoms with E-state index in [4.69, 9.17) is 0 Å². The Kier molecular flexibility index (Phi) is 12.9. The van der Waals surface area contributed by atoms with Gasteiger partial charge in [0.05, 0.1) is 18.0 Å². The van der Waals surface area contributed by atoms with Crippen LogP contribution in [0.5, 0.6) is 0 Å². The monoisotopic (exact) mass is 778 g/mol. The Morgan fingerprint density at radius 3 is 2.07 bits per heavy atom. The minimum absolute atomic E-state index is 0.0120. The molecule has 0 aromatic carbocycles. The summed E-state index contributed by atoms with van der Waals surface area (Å²) in [6, 6.07) is -0.961. The van der Waals surface area contributed by atoms with Crippen LogP contribution in [-0.2, 0) is 28.8 Å². The number of hydrogen-bond donors (Lipinski definition) is 1. The number of Topliss-reactive ketones (excluding diaryl/α,β-unsaturated/α-hetero) is 4. The van der Waals surface area contributed by atoms with Gasteiger partial charge in [-0.25, -0.2) is 0 Å². The standard InChI is InChI=1S/C47H75N3O6/c1-9-15-33(41(54)39(53)24-31-19-20-31)25-37(51)36-27-47(45(7,8)46(47)21-14-22-46)29-50(36)43(56)35(44(4,5)6)26-38(52)40(32-16-11-10-12-17-32)48-42(55)34-18-13-23-49(28-34)30(2)3/h30-36,40H,9-29H2,1-8H3,(H,48,55)/t33?,34-,35+,36-,40-,47+/m0/s1. The van der Waals surface area contributed by atoms with Crippen LogP contribution in [-0.4, -0.2) is 82.5 Å². The zero-order valence-corrected chi connectivity index (χ0v) is 36.3. The quantitative estimate of drug-likeness (QED) is 0.149. The maximum atomic E-state index is 15.2. The third-order valence-corrected chi connectivity index (χ3v) is 16.4. The van der Waals surface area contributed by atoms with Gasteiger partial charge in [0.15, 0.2) is 17.3 Å². The first-order valence-corrected chi connectivity index (χ1v) is 22.8. The van der Waals surface area contributed by atoms with Crippen molar-refractivity contribution < 1.29 is 28.8 Å². The Morgan fingerprint density at radius 1 is 0.839 bits per heavy atom. The summed E-state index contributed by atoms with van der Waals surface area (Å²) in [4.78, 5) is 89.2. The van der Waals surface area contributed by atoms with E-state index in [2.05, 4.69) is 37.9 Å². The smallest absolute Gasteiger partial charge is 0.227 e. The predicted molar refractivity (Wildman–Crippen MR) is 219 cm³/mol. The van der Waals surface area contributed by atoms with Crippen molar-refractivity contribution >= 4 is 34.9 Å². The number of rotatable bonds is 17. The first kappa shape index (κ1) is 43.2. The Balaban J connectivity index is 1.24. The van der Waals surface area contributed by atoms with Crippen molar-refractivity contribution in [2.75, 3.05) is 19.6 Å². The molecule has 314 valence electrons. The number of carbonyl (C=O) groups is 6. The number of piperidine rings is 1. The number of nitrogens with zero attached hydrogens (tertiary/aromatic N) is 2. The topological polar surface area (TPSA) is 121 Å². The van der Waals surface area contributed by atoms with Gasteiger partial charge in [-0.05, 0) is 113 Å². The van der Waals surface area contributed by atoms with E-state index >= 15 is 4.79 Å². The van der Waals surface area contributed by atoms with Gasteiger partial charge >= 0.3 is 0 Å². The molecule has 9 nitrogen and oxygen atoms in total. The van der Waals surface area contributed by atoms with Crippen LogP contribution in [0.15, 0.2) is 0 Å². The second kappa shape index (κ2) is 16.7. The largest absolute Gasteiger partial charge is 0.346 e. The summed E-state index contributed by atoms with van der Waals surface area (Å²) in [7, 11) is 0. The normalized spacial score (nSPS) is 29.1. The van der Waals surface area contributed by atoms with Gasteiger partial charge in [0.2, 0.25) is 17.6 Å². The fourth-order valence-electron chi connectivity index (χ4n) is 12.3. The average molecular weight is 778 g/mol. The zero-order chi connectivity index (χ0) is 40.8. The molecule has 0 aromatic rings. The van der Waals surface area contributed by atoms with Gasteiger partial charge in [0.1, 0.15) is 0 Å². The molecule has 1 unspecified atom stereocenters. The molecule has 2 spiro atoms. The minimum atomic E-state index is -0.684. The average Bonchev–Trinajstić information content (AvgIpc) is 3.96. The molecule has 9 heteroatoms. The Labute approximate surface area is 338 Å². The summed E-state index contributed by atoms with van der Waals surface area (Å²) >= 11 is 0. The van der Waals surface area contributed by atoms with E-state index in [0.717, 1.165) is 83.6 Å². The van der Waals surface area contributed by atoms with Crippen molar-refractivity contribution in [2.45, 2.75) is 189 Å². The highest BCUT2D eigenvalue weighted by molar-refractivity contribution is 6.38. The molecule has 6 atom stereocenters. The number of fused-ring (bicyclic) bond motifs is 1. The van der Waals surface area contributed by atoms with Crippen LogP contribution >= 0.6 is 0 Å². The van der Waals surface area contributed by atoms with Crippen LogP contribution in [0.3, 0.4) is 0 Å². The molecular weight excluding hydrogens is 703 g/mol. The fraction of sp³-hybridized carbons (Fsp3) is 0.872. The number of likely N-dealkylation sites (tertiary alicyclic amines) is 2. The Bertz CT molecular complexity index is 1510. The lowest BCUT2D eigenvalue weighted by Crippen LogP contribution is -2.53. The third kappa shape index (κ3) is 8.24. The molecule has 0 aromatic heterocycles. The Hall–Kier alpha value is -2.42. The maximum Gasteiger partial charge on any atom is 0.227 e. The second-order valence-electron chi connectivity index (χ2n) is 21.3. The van der Waals surface area contributed by atoms with E-state index in [-0.39, 0.29) is 76.5 Å².